The highest BCUT2D eigenvalue weighted by atomic mass is 19.4. The molecule has 2 aliphatic rings. The molecule has 7 nitrogen and oxygen atoms in total. The Morgan fingerprint density at radius 2 is 1.71 bits per heavy atom. The average Bonchev–Trinajstić information content (AvgIpc) is 3.28. The Balaban J connectivity index is 1.45. The maximum Gasteiger partial charge on any atom is 0.416 e. The molecule has 10 heteroatoms. The van der Waals surface area contributed by atoms with Crippen LogP contribution >= 0.6 is 0 Å². The van der Waals surface area contributed by atoms with E-state index in [1.165, 1.54) is 17.0 Å². The van der Waals surface area contributed by atoms with E-state index in [-0.39, 0.29) is 31.2 Å². The van der Waals surface area contributed by atoms with Crippen LogP contribution in [-0.2, 0) is 29.4 Å². The normalized spacial score (nSPS) is 18.1. The SMILES string of the molecule is Cc1nc(-c2ccc3c(c2)CN(C2CCC(=O)NC2=O)C3=O)n(C)c1-c1ccc(C(F)(F)F)cc1. The number of nitrogens with one attached hydrogen (secondary N) is 1. The van der Waals surface area contributed by atoms with E-state index in [0.717, 1.165) is 23.3 Å². The number of carbonyl (C=O) groups is 3. The van der Waals surface area contributed by atoms with Gasteiger partial charge < -0.3 is 9.47 Å². The summed E-state index contributed by atoms with van der Waals surface area (Å²) < 4.78 is 40.7. The fourth-order valence-electron chi connectivity index (χ4n) is 4.83. The summed E-state index contributed by atoms with van der Waals surface area (Å²) in [5.41, 5.74) is 3.22. The smallest absolute Gasteiger partial charge is 0.327 e. The van der Waals surface area contributed by atoms with E-state index in [1.54, 1.807) is 26.1 Å². The summed E-state index contributed by atoms with van der Waals surface area (Å²) in [5.74, 6) is -0.468. The molecule has 1 saturated heterocycles. The zero-order valence-corrected chi connectivity index (χ0v) is 18.9. The zero-order chi connectivity index (χ0) is 25.1. The van der Waals surface area contributed by atoms with E-state index in [9.17, 15) is 27.6 Å². The minimum atomic E-state index is -4.41. The lowest BCUT2D eigenvalue weighted by Gasteiger charge is -2.29. The van der Waals surface area contributed by atoms with E-state index in [1.807, 2.05) is 10.6 Å². The van der Waals surface area contributed by atoms with Crippen LogP contribution in [0.1, 0.15) is 40.0 Å². The number of fused-ring (bicyclic) bond motifs is 1. The van der Waals surface area contributed by atoms with Gasteiger partial charge in [-0.15, -0.1) is 0 Å². The molecule has 0 spiro atoms. The number of piperidine rings is 1. The third kappa shape index (κ3) is 3.88. The van der Waals surface area contributed by atoms with Crippen molar-refractivity contribution in [2.75, 3.05) is 0 Å². The van der Waals surface area contributed by atoms with Gasteiger partial charge in [0.15, 0.2) is 0 Å². The number of carbonyl (C=O) groups excluding carboxylic acids is 3. The Hall–Kier alpha value is -3.95. The molecule has 1 aromatic heterocycles. The van der Waals surface area contributed by atoms with E-state index in [4.69, 9.17) is 0 Å². The fourth-order valence-corrected chi connectivity index (χ4v) is 4.83. The van der Waals surface area contributed by atoms with Crippen LogP contribution in [0.25, 0.3) is 22.6 Å². The number of halogens is 3. The van der Waals surface area contributed by atoms with Crippen LogP contribution in [0.3, 0.4) is 0 Å². The summed E-state index contributed by atoms with van der Waals surface area (Å²) in [5, 5.41) is 2.29. The van der Waals surface area contributed by atoms with E-state index in [0.29, 0.717) is 28.3 Å². The number of benzene rings is 2. The minimum Gasteiger partial charge on any atom is -0.327 e. The van der Waals surface area contributed by atoms with Gasteiger partial charge in [-0.25, -0.2) is 4.98 Å². The second-order valence-corrected chi connectivity index (χ2v) is 8.78. The Morgan fingerprint density at radius 3 is 2.37 bits per heavy atom. The van der Waals surface area contributed by atoms with Gasteiger partial charge in [-0.3, -0.25) is 19.7 Å². The lowest BCUT2D eigenvalue weighted by Crippen LogP contribution is -2.52. The molecule has 5 rings (SSSR count). The quantitative estimate of drug-likeness (QED) is 0.575. The standard InChI is InChI=1S/C25H21F3N4O3/c1-13-21(14-3-6-17(7-4-14)25(26,27)28)31(2)22(29-13)15-5-8-18-16(11-15)12-32(24(18)35)19-9-10-20(33)30-23(19)34/h3-8,11,19H,9-10,12H2,1-2H3,(H,30,33,34). The topological polar surface area (TPSA) is 84.3 Å². The maximum absolute atomic E-state index is 12.9. The van der Waals surface area contributed by atoms with Crippen molar-refractivity contribution in [2.24, 2.45) is 7.05 Å². The Kier molecular flexibility index (Phi) is 5.26. The van der Waals surface area contributed by atoms with Crippen molar-refractivity contribution in [1.82, 2.24) is 19.8 Å². The van der Waals surface area contributed by atoms with E-state index >= 15 is 0 Å². The molecule has 3 aromatic rings. The Labute approximate surface area is 198 Å². The van der Waals surface area contributed by atoms with Crippen LogP contribution in [0.5, 0.6) is 0 Å². The zero-order valence-electron chi connectivity index (χ0n) is 18.9. The molecular formula is C25H21F3N4O3. The van der Waals surface area contributed by atoms with Crippen molar-refractivity contribution in [1.29, 1.82) is 0 Å². The number of aryl methyl sites for hydroxylation is 1. The molecule has 1 fully saturated rings. The third-order valence-corrected chi connectivity index (χ3v) is 6.54. The second-order valence-electron chi connectivity index (χ2n) is 8.78. The lowest BCUT2D eigenvalue weighted by atomic mass is 10.0. The number of imidazole rings is 1. The van der Waals surface area contributed by atoms with Gasteiger partial charge in [-0.05, 0) is 43.2 Å². The highest BCUT2D eigenvalue weighted by molar-refractivity contribution is 6.05. The van der Waals surface area contributed by atoms with Crippen LogP contribution in [0.15, 0.2) is 42.5 Å². The van der Waals surface area contributed by atoms with Crippen molar-refractivity contribution in [3.63, 3.8) is 0 Å². The summed E-state index contributed by atoms with van der Waals surface area (Å²) in [6, 6.07) is 9.56. The third-order valence-electron chi connectivity index (χ3n) is 6.54. The van der Waals surface area contributed by atoms with Gasteiger partial charge in [0.1, 0.15) is 11.9 Å². The Morgan fingerprint density at radius 1 is 1.03 bits per heavy atom. The fraction of sp³-hybridized carbons (Fsp3) is 0.280. The molecule has 0 radical (unpaired) electrons. The number of rotatable bonds is 3. The summed E-state index contributed by atoms with van der Waals surface area (Å²) in [6.45, 7) is 2.03. The summed E-state index contributed by atoms with van der Waals surface area (Å²) in [6.07, 6.45) is -3.94. The first-order valence-corrected chi connectivity index (χ1v) is 11.0. The molecular weight excluding hydrogens is 461 g/mol. The molecule has 1 atom stereocenters. The predicted molar refractivity (Wildman–Crippen MR) is 120 cm³/mol. The van der Waals surface area contributed by atoms with Gasteiger partial charge in [0.25, 0.3) is 5.91 Å². The van der Waals surface area contributed by atoms with Crippen molar-refractivity contribution >= 4 is 17.7 Å². The molecule has 180 valence electrons. The number of nitrogens with zero attached hydrogens (tertiary/aromatic N) is 3. The number of hydrogen-bond donors (Lipinski definition) is 1. The molecule has 35 heavy (non-hydrogen) atoms. The molecule has 0 bridgehead atoms. The number of alkyl halides is 3. The molecule has 0 saturated carbocycles. The number of imide groups is 1. The molecule has 2 aromatic carbocycles. The highest BCUT2D eigenvalue weighted by Gasteiger charge is 2.39. The second kappa shape index (κ2) is 8.07. The van der Waals surface area contributed by atoms with E-state index in [2.05, 4.69) is 10.3 Å². The first-order chi connectivity index (χ1) is 16.5. The van der Waals surface area contributed by atoms with Crippen molar-refractivity contribution in [2.45, 2.75) is 38.5 Å². The molecule has 1 N–H and O–H groups in total. The number of amides is 3. The van der Waals surface area contributed by atoms with Crippen molar-refractivity contribution < 1.29 is 27.6 Å². The number of aromatic nitrogens is 2. The summed E-state index contributed by atoms with van der Waals surface area (Å²) in [4.78, 5) is 42.8. The van der Waals surface area contributed by atoms with E-state index < -0.39 is 23.7 Å². The molecule has 2 aliphatic heterocycles. The van der Waals surface area contributed by atoms with Crippen LogP contribution < -0.4 is 5.32 Å². The number of hydrogen-bond acceptors (Lipinski definition) is 4. The van der Waals surface area contributed by atoms with Crippen molar-refractivity contribution in [3.05, 3.63) is 64.8 Å². The lowest BCUT2D eigenvalue weighted by molar-refractivity contribution is -0.138. The van der Waals surface area contributed by atoms with Gasteiger partial charge >= 0.3 is 6.18 Å². The van der Waals surface area contributed by atoms with Crippen LogP contribution in [-0.4, -0.2) is 38.2 Å². The van der Waals surface area contributed by atoms with Gasteiger partial charge in [-0.1, -0.05) is 18.2 Å². The van der Waals surface area contributed by atoms with Gasteiger partial charge in [0, 0.05) is 36.7 Å². The molecule has 1 unspecified atom stereocenters. The van der Waals surface area contributed by atoms with Gasteiger partial charge in [-0.2, -0.15) is 13.2 Å². The van der Waals surface area contributed by atoms with Crippen molar-refractivity contribution in [3.8, 4) is 22.6 Å². The molecule has 0 aliphatic carbocycles. The van der Waals surface area contributed by atoms with Crippen LogP contribution in [0, 0.1) is 6.92 Å². The largest absolute Gasteiger partial charge is 0.416 e. The monoisotopic (exact) mass is 482 g/mol. The minimum absolute atomic E-state index is 0.182. The Bertz CT molecular complexity index is 1380. The first-order valence-electron chi connectivity index (χ1n) is 11.0. The molecule has 3 heterocycles. The molecule has 3 amide bonds. The van der Waals surface area contributed by atoms with Crippen LogP contribution in [0.4, 0.5) is 13.2 Å². The van der Waals surface area contributed by atoms with Gasteiger partial charge in [0.2, 0.25) is 11.8 Å². The first kappa shape index (κ1) is 22.8. The summed E-state index contributed by atoms with van der Waals surface area (Å²) >= 11 is 0. The average molecular weight is 482 g/mol. The predicted octanol–water partition coefficient (Wildman–Crippen LogP) is 3.84. The maximum atomic E-state index is 12.9. The van der Waals surface area contributed by atoms with Gasteiger partial charge in [0.05, 0.1) is 17.0 Å². The van der Waals surface area contributed by atoms with Crippen LogP contribution in [0.2, 0.25) is 0 Å². The highest BCUT2D eigenvalue weighted by Crippen LogP contribution is 2.35. The summed E-state index contributed by atoms with van der Waals surface area (Å²) in [7, 11) is 1.79.